The van der Waals surface area contributed by atoms with Gasteiger partial charge >= 0.3 is 0 Å². The van der Waals surface area contributed by atoms with Crippen molar-refractivity contribution in [1.29, 1.82) is 0 Å². The molecule has 5 aliphatic rings. The second-order valence-electron chi connectivity index (χ2n) is 15.2. The number of fused-ring (bicyclic) bond motifs is 4. The summed E-state index contributed by atoms with van der Waals surface area (Å²) in [5, 5.41) is 25.0. The topological polar surface area (TPSA) is 160 Å². The minimum atomic E-state index is -0.589. The van der Waals surface area contributed by atoms with E-state index in [1.807, 2.05) is 42.7 Å². The maximum Gasteiger partial charge on any atom is 0.255 e. The number of aryl methyl sites for hydroxylation is 1. The number of imide groups is 1. The molecule has 1 unspecified atom stereocenters. The van der Waals surface area contributed by atoms with Gasteiger partial charge in [0, 0.05) is 69.2 Å². The highest BCUT2D eigenvalue weighted by Gasteiger charge is 2.39. The number of aromatic nitrogens is 4. The Bertz CT molecular complexity index is 2090. The number of benzene rings is 2. The number of piperazine rings is 1. The van der Waals surface area contributed by atoms with Crippen molar-refractivity contribution >= 4 is 35.2 Å². The third kappa shape index (κ3) is 6.70. The van der Waals surface area contributed by atoms with E-state index in [1.54, 1.807) is 17.0 Å². The van der Waals surface area contributed by atoms with Crippen LogP contribution in [0.4, 0.5) is 17.5 Å². The van der Waals surface area contributed by atoms with Gasteiger partial charge in [-0.1, -0.05) is 24.3 Å². The number of phenols is 1. The lowest BCUT2D eigenvalue weighted by molar-refractivity contribution is -0.136. The van der Waals surface area contributed by atoms with Crippen molar-refractivity contribution in [3.8, 4) is 17.0 Å². The summed E-state index contributed by atoms with van der Waals surface area (Å²) in [5.41, 5.74) is 6.29. The van der Waals surface area contributed by atoms with Gasteiger partial charge < -0.3 is 25.1 Å². The van der Waals surface area contributed by atoms with Crippen LogP contribution in [0.5, 0.6) is 5.75 Å². The summed E-state index contributed by atoms with van der Waals surface area (Å²) in [4.78, 5) is 55.4. The third-order valence-electron chi connectivity index (χ3n) is 11.8. The number of hydrogen-bond donors (Lipinski definition) is 3. The van der Waals surface area contributed by atoms with E-state index in [1.165, 1.54) is 11.1 Å². The summed E-state index contributed by atoms with van der Waals surface area (Å²) in [7, 11) is 0. The predicted molar refractivity (Wildman–Crippen MR) is 202 cm³/mol. The lowest BCUT2D eigenvalue weighted by Gasteiger charge is -2.45. The zero-order valence-corrected chi connectivity index (χ0v) is 30.2. The molecule has 7 heterocycles. The molecule has 0 radical (unpaired) electrons. The number of aromatic hydroxyl groups is 1. The second kappa shape index (κ2) is 14.3. The Balaban J connectivity index is 0.740. The van der Waals surface area contributed by atoms with E-state index in [2.05, 4.69) is 41.6 Å². The summed E-state index contributed by atoms with van der Waals surface area (Å²) < 4.78 is 0. The number of likely N-dealkylation sites (tertiary alicyclic amines) is 1. The lowest BCUT2D eigenvalue weighted by Crippen LogP contribution is -2.58. The van der Waals surface area contributed by atoms with Crippen molar-refractivity contribution in [2.24, 2.45) is 5.92 Å². The van der Waals surface area contributed by atoms with Crippen LogP contribution in [0.1, 0.15) is 59.2 Å². The number of nitrogens with zero attached hydrogens (tertiary/aromatic N) is 8. The number of hydrogen-bond acceptors (Lipinski definition) is 12. The molecule has 5 aliphatic heterocycles. The quantitative estimate of drug-likeness (QED) is 0.228. The predicted octanol–water partition coefficient (Wildman–Crippen LogP) is 3.37. The molecule has 3 N–H and O–H groups in total. The van der Waals surface area contributed by atoms with Gasteiger partial charge in [0.2, 0.25) is 17.8 Å². The van der Waals surface area contributed by atoms with Gasteiger partial charge in [-0.3, -0.25) is 24.6 Å². The fraction of sp³-hybridized carbons (Fsp3) is 0.425. The van der Waals surface area contributed by atoms with Gasteiger partial charge in [0.15, 0.2) is 5.82 Å². The van der Waals surface area contributed by atoms with E-state index in [0.29, 0.717) is 35.7 Å². The molecular formula is C40H44N10O4. The molecule has 0 spiro atoms. The van der Waals surface area contributed by atoms with Gasteiger partial charge in [-0.05, 0) is 92.1 Å². The SMILES string of the molecule is O=C1CCC(N2Cc3cc(CN4CCC(CCc5cnc(N6CCN7c8cc(-c9ccccc9O)nnc8NC[C@H]7C6)nc5)CC4)ccc3C2=O)C(=O)N1. The molecule has 4 aromatic rings. The van der Waals surface area contributed by atoms with Crippen molar-refractivity contribution in [3.63, 3.8) is 0 Å². The summed E-state index contributed by atoms with van der Waals surface area (Å²) in [6.45, 7) is 6.48. The normalized spacial score (nSPS) is 21.7. The van der Waals surface area contributed by atoms with Gasteiger partial charge in [-0.2, -0.15) is 0 Å². The van der Waals surface area contributed by atoms with E-state index >= 15 is 0 Å². The zero-order valence-electron chi connectivity index (χ0n) is 30.2. The largest absolute Gasteiger partial charge is 0.507 e. The third-order valence-corrected chi connectivity index (χ3v) is 11.8. The van der Waals surface area contributed by atoms with Crippen molar-refractivity contribution in [2.45, 2.75) is 63.7 Å². The van der Waals surface area contributed by atoms with Gasteiger partial charge in [-0.25, -0.2) is 9.97 Å². The summed E-state index contributed by atoms with van der Waals surface area (Å²) in [5.74, 6) is 1.60. The lowest BCUT2D eigenvalue weighted by atomic mass is 9.91. The molecule has 3 amide bonds. The molecule has 9 rings (SSSR count). The van der Waals surface area contributed by atoms with Crippen LogP contribution in [0.25, 0.3) is 11.3 Å². The number of carbonyl (C=O) groups is 3. The van der Waals surface area contributed by atoms with Crippen molar-refractivity contribution in [2.75, 3.05) is 54.4 Å². The minimum absolute atomic E-state index is 0.129. The molecule has 0 aliphatic carbocycles. The number of amides is 3. The van der Waals surface area contributed by atoms with Crippen molar-refractivity contribution in [3.05, 3.63) is 83.2 Å². The standard InChI is InChI=1S/C40H44N10O4/c51-35-4-2-1-3-31(35)32-18-34-37(46-45-32)41-21-29-24-48(15-16-49(29)34)40-42-19-27(20-43-40)6-5-25-11-13-47(14-12-25)22-26-7-8-30-28(17-26)23-50(39(30)54)33-9-10-36(52)44-38(33)53/h1-4,7-8,17-20,25,29,33,51H,5-6,9-16,21-24H2,(H,41,46)(H,44,52,53)/t29-,33?/m0/s1. The number of piperidine rings is 2. The van der Waals surface area contributed by atoms with E-state index < -0.39 is 6.04 Å². The number of phenolic OH excluding ortho intramolecular Hbond substituents is 1. The first kappa shape index (κ1) is 34.2. The highest BCUT2D eigenvalue weighted by Crippen LogP contribution is 2.36. The first-order valence-electron chi connectivity index (χ1n) is 19.1. The number of anilines is 3. The van der Waals surface area contributed by atoms with Crippen LogP contribution in [-0.2, 0) is 29.1 Å². The molecule has 14 nitrogen and oxygen atoms in total. The van der Waals surface area contributed by atoms with Crippen LogP contribution in [0, 0.1) is 5.92 Å². The number of para-hydroxylation sites is 1. The molecule has 0 saturated carbocycles. The number of rotatable bonds is 8. The monoisotopic (exact) mass is 728 g/mol. The fourth-order valence-corrected chi connectivity index (χ4v) is 8.72. The fourth-order valence-electron chi connectivity index (χ4n) is 8.72. The van der Waals surface area contributed by atoms with Crippen LogP contribution in [-0.4, -0.2) is 104 Å². The molecule has 278 valence electrons. The van der Waals surface area contributed by atoms with Crippen LogP contribution >= 0.6 is 0 Å². The molecule has 3 saturated heterocycles. The maximum atomic E-state index is 13.1. The highest BCUT2D eigenvalue weighted by atomic mass is 16.3. The first-order valence-corrected chi connectivity index (χ1v) is 19.1. The van der Waals surface area contributed by atoms with Crippen LogP contribution < -0.4 is 20.4 Å². The summed E-state index contributed by atoms with van der Waals surface area (Å²) in [6, 6.07) is 14.9. The average molecular weight is 729 g/mol. The Labute approximate surface area is 313 Å². The zero-order chi connectivity index (χ0) is 36.8. The number of nitrogens with one attached hydrogen (secondary N) is 2. The first-order chi connectivity index (χ1) is 26.4. The summed E-state index contributed by atoms with van der Waals surface area (Å²) >= 11 is 0. The smallest absolute Gasteiger partial charge is 0.255 e. The van der Waals surface area contributed by atoms with E-state index in [4.69, 9.17) is 9.97 Å². The van der Waals surface area contributed by atoms with E-state index in [-0.39, 0.29) is 35.9 Å². The van der Waals surface area contributed by atoms with Crippen LogP contribution in [0.15, 0.2) is 60.9 Å². The Hall–Kier alpha value is -5.63. The van der Waals surface area contributed by atoms with Crippen LogP contribution in [0.3, 0.4) is 0 Å². The maximum absolute atomic E-state index is 13.1. The molecule has 54 heavy (non-hydrogen) atoms. The van der Waals surface area contributed by atoms with Gasteiger partial charge in [0.1, 0.15) is 11.8 Å². The number of carbonyl (C=O) groups excluding carboxylic acids is 3. The molecular weight excluding hydrogens is 685 g/mol. The molecule has 0 bridgehead atoms. The van der Waals surface area contributed by atoms with Gasteiger partial charge in [0.25, 0.3) is 5.91 Å². The van der Waals surface area contributed by atoms with Crippen molar-refractivity contribution in [1.82, 2.24) is 35.3 Å². The minimum Gasteiger partial charge on any atom is -0.507 e. The van der Waals surface area contributed by atoms with Gasteiger partial charge in [0.05, 0.1) is 17.4 Å². The van der Waals surface area contributed by atoms with Crippen molar-refractivity contribution < 1.29 is 19.5 Å². The summed E-state index contributed by atoms with van der Waals surface area (Å²) in [6.07, 6.45) is 8.99. The van der Waals surface area contributed by atoms with E-state index in [0.717, 1.165) is 94.5 Å². The molecule has 14 heteroatoms. The second-order valence-corrected chi connectivity index (χ2v) is 15.2. The Morgan fingerprint density at radius 3 is 2.50 bits per heavy atom. The Morgan fingerprint density at radius 1 is 0.852 bits per heavy atom. The van der Waals surface area contributed by atoms with Gasteiger partial charge in [-0.15, -0.1) is 10.2 Å². The van der Waals surface area contributed by atoms with Crippen LogP contribution in [0.2, 0.25) is 0 Å². The molecule has 2 atom stereocenters. The average Bonchev–Trinajstić information content (AvgIpc) is 3.52. The Morgan fingerprint density at radius 2 is 1.69 bits per heavy atom. The highest BCUT2D eigenvalue weighted by molar-refractivity contribution is 6.05. The molecule has 2 aromatic carbocycles. The van der Waals surface area contributed by atoms with E-state index in [9.17, 15) is 19.5 Å². The molecule has 3 fully saturated rings. The molecule has 2 aromatic heterocycles. The Kier molecular flexibility index (Phi) is 9.05.